The van der Waals surface area contributed by atoms with Crippen LogP contribution < -0.4 is 10.6 Å². The Hall–Kier alpha value is -2.59. The van der Waals surface area contributed by atoms with Gasteiger partial charge in [0.25, 0.3) is 11.6 Å². The van der Waals surface area contributed by atoms with Gasteiger partial charge in [0.05, 0.1) is 15.6 Å². The summed E-state index contributed by atoms with van der Waals surface area (Å²) in [5.74, 6) is -0.661. The summed E-state index contributed by atoms with van der Waals surface area (Å²) in [4.78, 5) is 22.5. The summed E-state index contributed by atoms with van der Waals surface area (Å²) in [7, 11) is 0. The molecule has 132 valence electrons. The van der Waals surface area contributed by atoms with Gasteiger partial charge in [-0.15, -0.1) is 0 Å². The number of nitro groups is 1. The zero-order chi connectivity index (χ0) is 18.2. The molecule has 7 nitrogen and oxygen atoms in total. The summed E-state index contributed by atoms with van der Waals surface area (Å²) in [6.07, 6.45) is 8.10. The molecular weight excluding hydrogens is 344 g/mol. The first-order chi connectivity index (χ1) is 12.0. The maximum absolute atomic E-state index is 12.2. The lowest BCUT2D eigenvalue weighted by molar-refractivity contribution is -0.384. The number of non-ortho nitro benzene ring substituents is 1. The average molecular weight is 363 g/mol. The van der Waals surface area contributed by atoms with Crippen LogP contribution in [0.1, 0.15) is 38.5 Å². The Balaban J connectivity index is 2.07. The highest BCUT2D eigenvalue weighted by molar-refractivity contribution is 6.34. The summed E-state index contributed by atoms with van der Waals surface area (Å²) >= 11 is 5.95. The first-order valence-corrected chi connectivity index (χ1v) is 8.50. The molecular formula is C17H19ClN4O3. The van der Waals surface area contributed by atoms with Crippen molar-refractivity contribution in [3.05, 3.63) is 45.1 Å². The number of nitriles is 1. The Morgan fingerprint density at radius 2 is 2.00 bits per heavy atom. The van der Waals surface area contributed by atoms with Crippen LogP contribution in [-0.2, 0) is 4.79 Å². The van der Waals surface area contributed by atoms with E-state index < -0.39 is 10.8 Å². The molecule has 0 atom stereocenters. The van der Waals surface area contributed by atoms with Crippen molar-refractivity contribution in [2.45, 2.75) is 44.6 Å². The van der Waals surface area contributed by atoms with Crippen molar-refractivity contribution in [3.63, 3.8) is 0 Å². The Labute approximate surface area is 150 Å². The molecule has 0 saturated heterocycles. The van der Waals surface area contributed by atoms with Crippen molar-refractivity contribution in [1.29, 1.82) is 5.26 Å². The number of carbonyl (C=O) groups excluding carboxylic acids is 1. The first kappa shape index (κ1) is 18.7. The smallest absolute Gasteiger partial charge is 0.271 e. The number of benzene rings is 1. The summed E-state index contributed by atoms with van der Waals surface area (Å²) in [6, 6.07) is 5.83. The molecule has 1 aliphatic rings. The van der Waals surface area contributed by atoms with Gasteiger partial charge in [0.2, 0.25) is 0 Å². The third-order valence-corrected chi connectivity index (χ3v) is 4.42. The minimum atomic E-state index is -0.661. The molecule has 1 aromatic rings. The predicted molar refractivity (Wildman–Crippen MR) is 95.1 cm³/mol. The molecule has 2 rings (SSSR count). The van der Waals surface area contributed by atoms with Crippen LogP contribution >= 0.6 is 11.6 Å². The van der Waals surface area contributed by atoms with Crippen LogP contribution in [0.2, 0.25) is 5.02 Å². The number of rotatable bonds is 5. The predicted octanol–water partition coefficient (Wildman–Crippen LogP) is 3.91. The second-order valence-corrected chi connectivity index (χ2v) is 6.31. The van der Waals surface area contributed by atoms with Gasteiger partial charge >= 0.3 is 0 Å². The van der Waals surface area contributed by atoms with Crippen LogP contribution in [0.5, 0.6) is 0 Å². The Kier molecular flexibility index (Phi) is 6.78. The average Bonchev–Trinajstić information content (AvgIpc) is 2.86. The van der Waals surface area contributed by atoms with E-state index in [1.54, 1.807) is 0 Å². The Morgan fingerprint density at radius 1 is 1.32 bits per heavy atom. The maximum atomic E-state index is 12.2. The van der Waals surface area contributed by atoms with Gasteiger partial charge < -0.3 is 10.6 Å². The highest BCUT2D eigenvalue weighted by Crippen LogP contribution is 2.27. The Bertz CT molecular complexity index is 719. The number of carbonyl (C=O) groups is 1. The van der Waals surface area contributed by atoms with Gasteiger partial charge in [-0.05, 0) is 18.9 Å². The minimum absolute atomic E-state index is 0.0940. The topological polar surface area (TPSA) is 108 Å². The summed E-state index contributed by atoms with van der Waals surface area (Å²) in [5.41, 5.74) is -0.206. The van der Waals surface area contributed by atoms with E-state index in [9.17, 15) is 20.2 Å². The minimum Gasteiger partial charge on any atom is -0.387 e. The highest BCUT2D eigenvalue weighted by atomic mass is 35.5. The number of halogens is 1. The zero-order valence-corrected chi connectivity index (χ0v) is 14.4. The van der Waals surface area contributed by atoms with Gasteiger partial charge in [0.15, 0.2) is 0 Å². The van der Waals surface area contributed by atoms with Crippen molar-refractivity contribution in [2.75, 3.05) is 5.32 Å². The third-order valence-electron chi connectivity index (χ3n) is 4.09. The van der Waals surface area contributed by atoms with Crippen LogP contribution in [0, 0.1) is 21.4 Å². The van der Waals surface area contributed by atoms with E-state index in [1.165, 1.54) is 31.2 Å². The van der Waals surface area contributed by atoms with E-state index in [0.29, 0.717) is 0 Å². The van der Waals surface area contributed by atoms with E-state index in [1.807, 2.05) is 6.07 Å². The van der Waals surface area contributed by atoms with E-state index in [-0.39, 0.29) is 28.0 Å². The second kappa shape index (κ2) is 9.04. The number of hydrogen-bond acceptors (Lipinski definition) is 5. The third kappa shape index (κ3) is 5.47. The number of amides is 1. The van der Waals surface area contributed by atoms with Crippen molar-refractivity contribution >= 4 is 28.9 Å². The molecule has 0 heterocycles. The van der Waals surface area contributed by atoms with E-state index in [0.717, 1.165) is 31.7 Å². The number of anilines is 1. The molecule has 8 heteroatoms. The number of hydrogen-bond donors (Lipinski definition) is 2. The van der Waals surface area contributed by atoms with Gasteiger partial charge in [0.1, 0.15) is 11.6 Å². The Morgan fingerprint density at radius 3 is 2.60 bits per heavy atom. The molecule has 1 fully saturated rings. The molecule has 0 spiro atoms. The fourth-order valence-electron chi connectivity index (χ4n) is 2.71. The fourth-order valence-corrected chi connectivity index (χ4v) is 2.87. The van der Waals surface area contributed by atoms with Gasteiger partial charge in [-0.1, -0.05) is 37.3 Å². The van der Waals surface area contributed by atoms with E-state index in [4.69, 9.17) is 11.6 Å². The second-order valence-electron chi connectivity index (χ2n) is 5.90. The number of nitrogens with zero attached hydrogens (tertiary/aromatic N) is 2. The van der Waals surface area contributed by atoms with Crippen LogP contribution in [0.3, 0.4) is 0 Å². The molecule has 0 aromatic heterocycles. The molecule has 2 N–H and O–H groups in total. The molecule has 1 aliphatic carbocycles. The largest absolute Gasteiger partial charge is 0.387 e. The van der Waals surface area contributed by atoms with Crippen molar-refractivity contribution in [3.8, 4) is 6.07 Å². The first-order valence-electron chi connectivity index (χ1n) is 8.13. The van der Waals surface area contributed by atoms with Crippen LogP contribution in [-0.4, -0.2) is 16.9 Å². The quantitative estimate of drug-likeness (QED) is 0.271. The number of nitrogens with one attached hydrogen (secondary N) is 2. The van der Waals surface area contributed by atoms with Gasteiger partial charge in [-0.3, -0.25) is 14.9 Å². The van der Waals surface area contributed by atoms with Crippen LogP contribution in [0.25, 0.3) is 0 Å². The summed E-state index contributed by atoms with van der Waals surface area (Å²) in [6.45, 7) is 0. The molecule has 0 aliphatic heterocycles. The van der Waals surface area contributed by atoms with Crippen molar-refractivity contribution in [2.24, 2.45) is 0 Å². The molecule has 1 saturated carbocycles. The standard InChI is InChI=1S/C17H19ClN4O3/c18-15-8-7-14(22(24)25)9-16(15)21-17(23)12(10-19)11-20-13-5-3-1-2-4-6-13/h7-9,11,13,20H,1-6H2,(H,21,23)/b12-11-. The van der Waals surface area contributed by atoms with Crippen molar-refractivity contribution in [1.82, 2.24) is 5.32 Å². The molecule has 25 heavy (non-hydrogen) atoms. The lowest BCUT2D eigenvalue weighted by Gasteiger charge is -2.14. The molecule has 1 amide bonds. The van der Waals surface area contributed by atoms with Crippen LogP contribution in [0.4, 0.5) is 11.4 Å². The lowest BCUT2D eigenvalue weighted by Crippen LogP contribution is -2.25. The van der Waals surface area contributed by atoms with Crippen LogP contribution in [0.15, 0.2) is 30.0 Å². The number of nitro benzene ring substituents is 1. The molecule has 0 unspecified atom stereocenters. The normalized spacial score (nSPS) is 15.8. The molecule has 1 aromatic carbocycles. The lowest BCUT2D eigenvalue weighted by atomic mass is 10.1. The molecule has 0 bridgehead atoms. The monoisotopic (exact) mass is 362 g/mol. The summed E-state index contributed by atoms with van der Waals surface area (Å²) < 4.78 is 0. The van der Waals surface area contributed by atoms with Gasteiger partial charge in [-0.25, -0.2) is 0 Å². The van der Waals surface area contributed by atoms with Gasteiger partial charge in [0, 0.05) is 24.4 Å². The van der Waals surface area contributed by atoms with Crippen molar-refractivity contribution < 1.29 is 9.72 Å². The highest BCUT2D eigenvalue weighted by Gasteiger charge is 2.16. The summed E-state index contributed by atoms with van der Waals surface area (Å²) in [5, 5.41) is 25.8. The van der Waals surface area contributed by atoms with E-state index in [2.05, 4.69) is 10.6 Å². The molecule has 0 radical (unpaired) electrons. The maximum Gasteiger partial charge on any atom is 0.271 e. The fraction of sp³-hybridized carbons (Fsp3) is 0.412. The van der Waals surface area contributed by atoms with Gasteiger partial charge in [-0.2, -0.15) is 5.26 Å². The van der Waals surface area contributed by atoms with E-state index >= 15 is 0 Å². The zero-order valence-electron chi connectivity index (χ0n) is 13.6. The SMILES string of the molecule is N#C/C(=C/NC1CCCCCC1)C(=O)Nc1cc([N+](=O)[O-])ccc1Cl.